The molecule has 0 aromatic rings. The zero-order valence-corrected chi connectivity index (χ0v) is 6.60. The predicted molar refractivity (Wildman–Crippen MR) is 38.2 cm³/mol. The standard InChI is InChI=1S/C6H10ClNO2/c1-5-4-8(6(7)9)2-3-10-5/h5H,2-4H2,1H3. The molecule has 0 aromatic carbocycles. The topological polar surface area (TPSA) is 29.5 Å². The third-order valence-electron chi connectivity index (χ3n) is 1.49. The van der Waals surface area contributed by atoms with Gasteiger partial charge >= 0.3 is 5.37 Å². The lowest BCUT2D eigenvalue weighted by Gasteiger charge is -2.29. The van der Waals surface area contributed by atoms with Crippen molar-refractivity contribution in [1.82, 2.24) is 4.90 Å². The number of morpholine rings is 1. The van der Waals surface area contributed by atoms with Gasteiger partial charge in [-0.15, -0.1) is 0 Å². The maximum Gasteiger partial charge on any atom is 0.316 e. The Morgan fingerprint density at radius 1 is 1.80 bits per heavy atom. The summed E-state index contributed by atoms with van der Waals surface area (Å²) >= 11 is 5.25. The van der Waals surface area contributed by atoms with Crippen LogP contribution in [-0.2, 0) is 4.74 Å². The number of ether oxygens (including phenoxy) is 1. The fraction of sp³-hybridized carbons (Fsp3) is 0.833. The molecule has 1 heterocycles. The molecule has 0 N–H and O–H groups in total. The van der Waals surface area contributed by atoms with E-state index in [-0.39, 0.29) is 11.5 Å². The van der Waals surface area contributed by atoms with E-state index in [4.69, 9.17) is 16.3 Å². The maximum atomic E-state index is 10.6. The average Bonchev–Trinajstić information content (AvgIpc) is 1.88. The molecule has 0 spiro atoms. The van der Waals surface area contributed by atoms with Crippen LogP contribution in [0.1, 0.15) is 6.92 Å². The van der Waals surface area contributed by atoms with Crippen molar-refractivity contribution in [2.24, 2.45) is 0 Å². The van der Waals surface area contributed by atoms with Gasteiger partial charge in [0.1, 0.15) is 0 Å². The molecule has 3 nitrogen and oxygen atoms in total. The summed E-state index contributed by atoms with van der Waals surface area (Å²) in [6.07, 6.45) is 0.122. The van der Waals surface area contributed by atoms with Gasteiger partial charge in [0.05, 0.1) is 12.7 Å². The molecule has 0 aliphatic carbocycles. The molecule has 58 valence electrons. The molecule has 0 bridgehead atoms. The Bertz CT molecular complexity index is 140. The lowest BCUT2D eigenvalue weighted by Crippen LogP contribution is -2.42. The van der Waals surface area contributed by atoms with E-state index in [1.165, 1.54) is 0 Å². The quantitative estimate of drug-likeness (QED) is 0.395. The molecule has 0 saturated carbocycles. The van der Waals surface area contributed by atoms with Gasteiger partial charge in [0, 0.05) is 13.1 Å². The predicted octanol–water partition coefficient (Wildman–Crippen LogP) is 1.07. The van der Waals surface area contributed by atoms with Gasteiger partial charge in [0.2, 0.25) is 0 Å². The van der Waals surface area contributed by atoms with E-state index in [9.17, 15) is 4.79 Å². The Kier molecular flexibility index (Phi) is 2.51. The Morgan fingerprint density at radius 2 is 2.50 bits per heavy atom. The van der Waals surface area contributed by atoms with Crippen molar-refractivity contribution in [2.75, 3.05) is 19.7 Å². The Balaban J connectivity index is 2.39. The highest BCUT2D eigenvalue weighted by Gasteiger charge is 2.19. The van der Waals surface area contributed by atoms with Crippen LogP contribution in [0.2, 0.25) is 0 Å². The van der Waals surface area contributed by atoms with Crippen LogP contribution in [0.25, 0.3) is 0 Å². The maximum absolute atomic E-state index is 10.6. The van der Waals surface area contributed by atoms with E-state index in [1.54, 1.807) is 4.90 Å². The van der Waals surface area contributed by atoms with E-state index in [2.05, 4.69) is 0 Å². The number of carbonyl (C=O) groups is 1. The molecule has 0 radical (unpaired) electrons. The second kappa shape index (κ2) is 3.21. The first-order valence-electron chi connectivity index (χ1n) is 3.26. The molecular formula is C6H10ClNO2. The van der Waals surface area contributed by atoms with Gasteiger partial charge < -0.3 is 9.64 Å². The summed E-state index contributed by atoms with van der Waals surface area (Å²) in [6, 6.07) is 0. The number of hydrogen-bond donors (Lipinski definition) is 0. The molecule has 1 amide bonds. The number of halogens is 1. The average molecular weight is 164 g/mol. The Hall–Kier alpha value is -0.280. The molecule has 10 heavy (non-hydrogen) atoms. The fourth-order valence-corrected chi connectivity index (χ4v) is 1.13. The minimum Gasteiger partial charge on any atom is -0.375 e. The second-order valence-corrected chi connectivity index (χ2v) is 2.70. The smallest absolute Gasteiger partial charge is 0.316 e. The summed E-state index contributed by atoms with van der Waals surface area (Å²) in [7, 11) is 0. The third kappa shape index (κ3) is 1.85. The van der Waals surface area contributed by atoms with E-state index in [0.29, 0.717) is 19.7 Å². The summed E-state index contributed by atoms with van der Waals surface area (Å²) in [4.78, 5) is 12.2. The number of hydrogen-bond acceptors (Lipinski definition) is 2. The zero-order chi connectivity index (χ0) is 7.56. The molecule has 1 saturated heterocycles. The number of carbonyl (C=O) groups excluding carboxylic acids is 1. The third-order valence-corrected chi connectivity index (χ3v) is 1.73. The number of nitrogens with zero attached hydrogens (tertiary/aromatic N) is 1. The van der Waals surface area contributed by atoms with Crippen molar-refractivity contribution in [1.29, 1.82) is 0 Å². The normalized spacial score (nSPS) is 26.6. The Labute approximate surface area is 64.9 Å². The molecule has 1 unspecified atom stereocenters. The van der Waals surface area contributed by atoms with Crippen molar-refractivity contribution in [3.05, 3.63) is 0 Å². The van der Waals surface area contributed by atoms with Gasteiger partial charge in [-0.05, 0) is 18.5 Å². The van der Waals surface area contributed by atoms with Crippen molar-refractivity contribution < 1.29 is 9.53 Å². The summed E-state index contributed by atoms with van der Waals surface area (Å²) < 4.78 is 5.21. The van der Waals surface area contributed by atoms with E-state index < -0.39 is 0 Å². The number of amides is 1. The summed E-state index contributed by atoms with van der Waals surface area (Å²) in [6.45, 7) is 3.75. The minimum absolute atomic E-state index is 0.122. The highest BCUT2D eigenvalue weighted by molar-refractivity contribution is 6.62. The first kappa shape index (κ1) is 7.82. The molecule has 0 aromatic heterocycles. The lowest BCUT2D eigenvalue weighted by molar-refractivity contribution is 0.000295. The molecule has 1 fully saturated rings. The zero-order valence-electron chi connectivity index (χ0n) is 5.84. The van der Waals surface area contributed by atoms with Crippen LogP contribution in [0.15, 0.2) is 0 Å². The largest absolute Gasteiger partial charge is 0.375 e. The van der Waals surface area contributed by atoms with Crippen LogP contribution in [0.5, 0.6) is 0 Å². The number of rotatable bonds is 0. The van der Waals surface area contributed by atoms with Crippen LogP contribution in [0.4, 0.5) is 4.79 Å². The van der Waals surface area contributed by atoms with Crippen molar-refractivity contribution in [3.63, 3.8) is 0 Å². The molecule has 1 aliphatic rings. The van der Waals surface area contributed by atoms with Gasteiger partial charge in [0.15, 0.2) is 0 Å². The van der Waals surface area contributed by atoms with Gasteiger partial charge in [-0.1, -0.05) is 0 Å². The molecular weight excluding hydrogens is 154 g/mol. The highest BCUT2D eigenvalue weighted by atomic mass is 35.5. The van der Waals surface area contributed by atoms with Crippen LogP contribution >= 0.6 is 11.6 Å². The summed E-state index contributed by atoms with van der Waals surface area (Å²) in [5, 5.41) is -0.379. The van der Waals surface area contributed by atoms with Gasteiger partial charge in [0.25, 0.3) is 0 Å². The van der Waals surface area contributed by atoms with Crippen molar-refractivity contribution in [3.8, 4) is 0 Å². The summed E-state index contributed by atoms with van der Waals surface area (Å²) in [5.41, 5.74) is 0. The van der Waals surface area contributed by atoms with E-state index in [1.807, 2.05) is 6.92 Å². The second-order valence-electron chi connectivity index (χ2n) is 2.38. The molecule has 4 heteroatoms. The van der Waals surface area contributed by atoms with Gasteiger partial charge in [-0.25, -0.2) is 0 Å². The first-order valence-corrected chi connectivity index (χ1v) is 3.64. The van der Waals surface area contributed by atoms with Crippen LogP contribution in [0, 0.1) is 0 Å². The molecule has 1 atom stereocenters. The van der Waals surface area contributed by atoms with Crippen molar-refractivity contribution >= 4 is 17.0 Å². The first-order chi connectivity index (χ1) is 4.70. The van der Waals surface area contributed by atoms with Crippen LogP contribution < -0.4 is 0 Å². The molecule has 1 aliphatic heterocycles. The van der Waals surface area contributed by atoms with Crippen LogP contribution in [-0.4, -0.2) is 36.1 Å². The monoisotopic (exact) mass is 163 g/mol. The van der Waals surface area contributed by atoms with E-state index in [0.717, 1.165) is 0 Å². The van der Waals surface area contributed by atoms with Gasteiger partial charge in [-0.3, -0.25) is 4.79 Å². The van der Waals surface area contributed by atoms with Crippen LogP contribution in [0.3, 0.4) is 0 Å². The Morgan fingerprint density at radius 3 is 2.90 bits per heavy atom. The van der Waals surface area contributed by atoms with Gasteiger partial charge in [-0.2, -0.15) is 0 Å². The van der Waals surface area contributed by atoms with Crippen molar-refractivity contribution in [2.45, 2.75) is 13.0 Å². The summed E-state index contributed by atoms with van der Waals surface area (Å²) in [5.74, 6) is 0. The van der Waals surface area contributed by atoms with E-state index >= 15 is 0 Å². The minimum atomic E-state index is -0.379. The lowest BCUT2D eigenvalue weighted by atomic mass is 10.3. The highest BCUT2D eigenvalue weighted by Crippen LogP contribution is 2.06. The fourth-order valence-electron chi connectivity index (χ4n) is 0.978. The SMILES string of the molecule is CC1CN(C(=O)Cl)CCO1. The molecule has 1 rings (SSSR count).